The first kappa shape index (κ1) is 16.5. The first-order valence-corrected chi connectivity index (χ1v) is 7.77. The average molecular weight is 301 g/mol. The van der Waals surface area contributed by atoms with Crippen molar-refractivity contribution in [2.75, 3.05) is 12.9 Å². The fourth-order valence-electron chi connectivity index (χ4n) is 1.77. The highest BCUT2D eigenvalue weighted by Gasteiger charge is 2.29. The Morgan fingerprint density at radius 3 is 2.25 bits per heavy atom. The van der Waals surface area contributed by atoms with Gasteiger partial charge in [0.25, 0.3) is 0 Å². The molecule has 0 fully saturated rings. The van der Waals surface area contributed by atoms with E-state index in [4.69, 9.17) is 9.94 Å². The molecule has 1 rings (SSSR count). The quantitative estimate of drug-likeness (QED) is 0.609. The number of hydrogen-bond donors (Lipinski definition) is 2. The number of carbonyl (C=O) groups excluding carboxylic acids is 1. The monoisotopic (exact) mass is 301 g/mol. The van der Waals surface area contributed by atoms with Crippen molar-refractivity contribution in [3.63, 3.8) is 0 Å². The predicted molar refractivity (Wildman–Crippen MR) is 73.3 cm³/mol. The van der Waals surface area contributed by atoms with Crippen molar-refractivity contribution >= 4 is 15.7 Å². The van der Waals surface area contributed by atoms with Crippen LogP contribution in [0, 0.1) is 11.8 Å². The van der Waals surface area contributed by atoms with E-state index in [9.17, 15) is 13.2 Å². The molecular weight excluding hydrogens is 282 g/mol. The molecule has 7 heteroatoms. The molecule has 6 nitrogen and oxygen atoms in total. The maximum atomic E-state index is 12.3. The van der Waals surface area contributed by atoms with Gasteiger partial charge >= 0.3 is 0 Å². The number of nitrogens with one attached hydrogen (secondary N) is 1. The van der Waals surface area contributed by atoms with E-state index < -0.39 is 21.7 Å². The largest absolute Gasteiger partial charge is 0.497 e. The van der Waals surface area contributed by atoms with Gasteiger partial charge in [0.15, 0.2) is 9.84 Å². The van der Waals surface area contributed by atoms with Crippen LogP contribution < -0.4 is 10.2 Å². The minimum Gasteiger partial charge on any atom is -0.497 e. The number of rotatable bonds is 6. The summed E-state index contributed by atoms with van der Waals surface area (Å²) in [6, 6.07) is 5.96. The lowest BCUT2D eigenvalue weighted by Crippen LogP contribution is -2.36. The van der Waals surface area contributed by atoms with Gasteiger partial charge in [-0.1, -0.05) is 13.8 Å². The third-order valence-corrected chi connectivity index (χ3v) is 4.86. The molecule has 0 saturated carbocycles. The number of methoxy groups -OCH3 is 1. The molecule has 0 aliphatic carbocycles. The second kappa shape index (κ2) is 6.71. The molecule has 0 spiro atoms. The van der Waals surface area contributed by atoms with Gasteiger partial charge in [-0.15, -0.1) is 0 Å². The highest BCUT2D eigenvalue weighted by atomic mass is 32.2. The average Bonchev–Trinajstić information content (AvgIpc) is 2.43. The van der Waals surface area contributed by atoms with Crippen molar-refractivity contribution < 1.29 is 23.2 Å². The molecule has 1 atom stereocenters. The fourth-order valence-corrected chi connectivity index (χ4v) is 3.52. The van der Waals surface area contributed by atoms with Crippen LogP contribution in [0.1, 0.15) is 13.8 Å². The lowest BCUT2D eigenvalue weighted by atomic mass is 9.97. The van der Waals surface area contributed by atoms with E-state index in [2.05, 4.69) is 0 Å². The van der Waals surface area contributed by atoms with Gasteiger partial charge in [0.2, 0.25) is 5.91 Å². The van der Waals surface area contributed by atoms with Crippen molar-refractivity contribution in [2.45, 2.75) is 18.7 Å². The highest BCUT2D eigenvalue weighted by Crippen LogP contribution is 2.21. The summed E-state index contributed by atoms with van der Waals surface area (Å²) in [5, 5.41) is 8.68. The lowest BCUT2D eigenvalue weighted by molar-refractivity contribution is -0.133. The maximum Gasteiger partial charge on any atom is 0.247 e. The van der Waals surface area contributed by atoms with Gasteiger partial charge in [-0.25, -0.2) is 13.9 Å². The fraction of sp³-hybridized carbons (Fsp3) is 0.462. The van der Waals surface area contributed by atoms with Gasteiger partial charge in [-0.3, -0.25) is 10.0 Å². The van der Waals surface area contributed by atoms with Gasteiger partial charge < -0.3 is 4.74 Å². The molecule has 0 heterocycles. The Kier molecular flexibility index (Phi) is 5.52. The molecule has 2 N–H and O–H groups in total. The van der Waals surface area contributed by atoms with Gasteiger partial charge in [-0.05, 0) is 30.2 Å². The first-order valence-electron chi connectivity index (χ1n) is 6.12. The van der Waals surface area contributed by atoms with Crippen molar-refractivity contribution in [3.8, 4) is 5.75 Å². The zero-order valence-corrected chi connectivity index (χ0v) is 12.5. The maximum absolute atomic E-state index is 12.3. The van der Waals surface area contributed by atoms with Crippen LogP contribution in [0.15, 0.2) is 29.2 Å². The highest BCUT2D eigenvalue weighted by molar-refractivity contribution is 7.91. The Morgan fingerprint density at radius 1 is 1.30 bits per heavy atom. The Bertz CT molecular complexity index is 551. The molecular formula is C13H19NO5S. The third-order valence-electron chi connectivity index (χ3n) is 3.07. The normalized spacial score (nSPS) is 13.1. The van der Waals surface area contributed by atoms with Crippen LogP contribution in [0.2, 0.25) is 0 Å². The number of benzene rings is 1. The molecule has 112 valence electrons. The molecule has 0 aliphatic heterocycles. The van der Waals surface area contributed by atoms with Crippen LogP contribution in [0.5, 0.6) is 5.75 Å². The molecule has 20 heavy (non-hydrogen) atoms. The van der Waals surface area contributed by atoms with Gasteiger partial charge in [0.1, 0.15) is 5.75 Å². The van der Waals surface area contributed by atoms with Crippen LogP contribution in [0.3, 0.4) is 0 Å². The molecule has 0 aliphatic rings. The summed E-state index contributed by atoms with van der Waals surface area (Å²) in [5.41, 5.74) is 1.52. The molecule has 0 aromatic heterocycles. The predicted octanol–water partition coefficient (Wildman–Crippen LogP) is 1.25. The van der Waals surface area contributed by atoms with Crippen molar-refractivity contribution in [2.24, 2.45) is 11.8 Å². The van der Waals surface area contributed by atoms with Crippen molar-refractivity contribution in [1.82, 2.24) is 5.48 Å². The van der Waals surface area contributed by atoms with Crippen LogP contribution in [-0.4, -0.2) is 32.4 Å². The van der Waals surface area contributed by atoms with Crippen LogP contribution in [0.4, 0.5) is 0 Å². The van der Waals surface area contributed by atoms with Crippen LogP contribution in [-0.2, 0) is 14.6 Å². The molecule has 0 bridgehead atoms. The van der Waals surface area contributed by atoms with E-state index in [1.54, 1.807) is 26.0 Å². The number of sulfone groups is 1. The summed E-state index contributed by atoms with van der Waals surface area (Å²) in [4.78, 5) is 11.6. The summed E-state index contributed by atoms with van der Waals surface area (Å²) < 4.78 is 29.5. The second-order valence-electron chi connectivity index (χ2n) is 4.78. The van der Waals surface area contributed by atoms with Gasteiger partial charge in [0, 0.05) is 0 Å². The smallest absolute Gasteiger partial charge is 0.247 e. The molecule has 1 unspecified atom stereocenters. The minimum absolute atomic E-state index is 0.120. The number of hydrogen-bond acceptors (Lipinski definition) is 5. The molecule has 1 aromatic carbocycles. The second-order valence-corrected chi connectivity index (χ2v) is 6.82. The van der Waals surface area contributed by atoms with E-state index in [0.717, 1.165) is 0 Å². The minimum atomic E-state index is -3.61. The van der Waals surface area contributed by atoms with Crippen LogP contribution >= 0.6 is 0 Å². The Balaban J connectivity index is 3.00. The zero-order chi connectivity index (χ0) is 15.3. The number of carbonyl (C=O) groups is 1. The Labute approximate surface area is 118 Å². The Morgan fingerprint density at radius 2 is 1.85 bits per heavy atom. The number of hydroxylamine groups is 1. The Hall–Kier alpha value is -1.60. The third kappa shape index (κ3) is 3.94. The standard InChI is InChI=1S/C13H19NO5S/c1-9(2)12(13(15)14-16)8-20(17,18)11-6-4-10(19-3)5-7-11/h4-7,9,12,16H,8H2,1-3H3,(H,14,15). The summed E-state index contributed by atoms with van der Waals surface area (Å²) in [6.45, 7) is 3.45. The van der Waals surface area contributed by atoms with Crippen LogP contribution in [0.25, 0.3) is 0 Å². The molecule has 1 aromatic rings. The molecule has 0 radical (unpaired) electrons. The SMILES string of the molecule is COc1ccc(S(=O)(=O)CC(C(=O)NO)C(C)C)cc1. The first-order chi connectivity index (χ1) is 9.31. The summed E-state index contributed by atoms with van der Waals surface area (Å²) in [6.07, 6.45) is 0. The summed E-state index contributed by atoms with van der Waals surface area (Å²) in [5.74, 6) is -1.53. The van der Waals surface area contributed by atoms with Gasteiger partial charge in [-0.2, -0.15) is 0 Å². The number of amides is 1. The topological polar surface area (TPSA) is 92.7 Å². The van der Waals surface area contributed by atoms with E-state index in [-0.39, 0.29) is 16.6 Å². The van der Waals surface area contributed by atoms with Crippen molar-refractivity contribution in [3.05, 3.63) is 24.3 Å². The number of ether oxygens (including phenoxy) is 1. The van der Waals surface area contributed by atoms with Crippen molar-refractivity contribution in [1.29, 1.82) is 0 Å². The lowest BCUT2D eigenvalue weighted by Gasteiger charge is -2.18. The van der Waals surface area contributed by atoms with Gasteiger partial charge in [0.05, 0.1) is 23.7 Å². The van der Waals surface area contributed by atoms with E-state index in [1.165, 1.54) is 24.7 Å². The molecule has 1 amide bonds. The molecule has 0 saturated heterocycles. The van der Waals surface area contributed by atoms with E-state index in [1.807, 2.05) is 0 Å². The zero-order valence-electron chi connectivity index (χ0n) is 11.7. The summed E-state index contributed by atoms with van der Waals surface area (Å²) >= 11 is 0. The van der Waals surface area contributed by atoms with E-state index >= 15 is 0 Å². The van der Waals surface area contributed by atoms with E-state index in [0.29, 0.717) is 5.75 Å². The summed E-state index contributed by atoms with van der Waals surface area (Å²) in [7, 11) is -2.12.